The fraction of sp³-hybridized carbons (Fsp3) is 0.500. The topological polar surface area (TPSA) is 69.6 Å². The second kappa shape index (κ2) is 5.18. The Morgan fingerprint density at radius 1 is 1.56 bits per heavy atom. The summed E-state index contributed by atoms with van der Waals surface area (Å²) >= 11 is 1.58. The van der Waals surface area contributed by atoms with Crippen molar-refractivity contribution in [3.63, 3.8) is 0 Å². The lowest BCUT2D eigenvalue weighted by Gasteiger charge is -2.09. The van der Waals surface area contributed by atoms with E-state index in [1.807, 2.05) is 10.9 Å². The van der Waals surface area contributed by atoms with Gasteiger partial charge in [-0.25, -0.2) is 4.98 Å². The van der Waals surface area contributed by atoms with E-state index in [1.54, 1.807) is 23.2 Å². The number of hydrogen-bond donors (Lipinski definition) is 1. The lowest BCUT2D eigenvalue weighted by atomic mass is 10.2. The first kappa shape index (κ1) is 11.2. The molecular formula is C10H15N5S. The Kier molecular flexibility index (Phi) is 3.63. The zero-order valence-corrected chi connectivity index (χ0v) is 10.0. The van der Waals surface area contributed by atoms with Crippen LogP contribution in [-0.2, 0) is 13.0 Å². The van der Waals surface area contributed by atoms with Crippen LogP contribution >= 0.6 is 11.3 Å². The molecule has 1 unspecified atom stereocenters. The Morgan fingerprint density at radius 2 is 2.44 bits per heavy atom. The summed E-state index contributed by atoms with van der Waals surface area (Å²) in [4.78, 5) is 9.36. The van der Waals surface area contributed by atoms with Crippen LogP contribution in [0.2, 0.25) is 0 Å². The molecule has 0 radical (unpaired) electrons. The van der Waals surface area contributed by atoms with Crippen LogP contribution in [0.1, 0.15) is 30.1 Å². The summed E-state index contributed by atoms with van der Waals surface area (Å²) in [5.74, 6) is 0.947. The molecular weight excluding hydrogens is 222 g/mol. The highest BCUT2D eigenvalue weighted by Gasteiger charge is 2.12. The van der Waals surface area contributed by atoms with E-state index >= 15 is 0 Å². The Labute approximate surface area is 98.3 Å². The lowest BCUT2D eigenvalue weighted by Crippen LogP contribution is -2.16. The summed E-state index contributed by atoms with van der Waals surface area (Å²) in [7, 11) is 0. The second-order valence-corrected chi connectivity index (χ2v) is 4.53. The Hall–Kier alpha value is -1.27. The van der Waals surface area contributed by atoms with Crippen molar-refractivity contribution in [2.24, 2.45) is 5.73 Å². The van der Waals surface area contributed by atoms with Crippen LogP contribution in [-0.4, -0.2) is 19.7 Å². The monoisotopic (exact) mass is 237 g/mol. The number of aryl methyl sites for hydroxylation is 1. The number of aromatic nitrogens is 4. The fourth-order valence-electron chi connectivity index (χ4n) is 1.55. The van der Waals surface area contributed by atoms with E-state index < -0.39 is 0 Å². The molecule has 0 aliphatic carbocycles. The molecule has 0 bridgehead atoms. The average Bonchev–Trinajstić information content (AvgIpc) is 2.90. The molecule has 0 amide bonds. The smallest absolute Gasteiger partial charge is 0.138 e. The van der Waals surface area contributed by atoms with E-state index in [0.29, 0.717) is 6.42 Å². The first-order valence-corrected chi connectivity index (χ1v) is 6.20. The molecule has 0 saturated heterocycles. The zero-order chi connectivity index (χ0) is 11.4. The maximum Gasteiger partial charge on any atom is 0.138 e. The van der Waals surface area contributed by atoms with Gasteiger partial charge in [0, 0.05) is 30.1 Å². The van der Waals surface area contributed by atoms with E-state index in [1.165, 1.54) is 0 Å². The van der Waals surface area contributed by atoms with Gasteiger partial charge in [0.15, 0.2) is 0 Å². The largest absolute Gasteiger partial charge is 0.323 e. The highest BCUT2D eigenvalue weighted by molar-refractivity contribution is 7.09. The molecule has 0 aliphatic heterocycles. The summed E-state index contributed by atoms with van der Waals surface area (Å²) < 4.78 is 1.92. The third kappa shape index (κ3) is 2.45. The van der Waals surface area contributed by atoms with E-state index in [4.69, 9.17) is 5.73 Å². The van der Waals surface area contributed by atoms with Crippen LogP contribution in [0.15, 0.2) is 18.0 Å². The average molecular weight is 237 g/mol. The van der Waals surface area contributed by atoms with Crippen LogP contribution < -0.4 is 5.73 Å². The zero-order valence-electron chi connectivity index (χ0n) is 9.21. The van der Waals surface area contributed by atoms with Crippen molar-refractivity contribution in [3.8, 4) is 0 Å². The SMILES string of the molecule is CCCn1ncnc1CC(N)c1cncs1. The molecule has 2 rings (SSSR count). The normalized spacial score (nSPS) is 12.9. The molecule has 2 aromatic rings. The van der Waals surface area contributed by atoms with Gasteiger partial charge in [0.1, 0.15) is 12.2 Å². The number of thiazole rings is 1. The number of nitrogens with zero attached hydrogens (tertiary/aromatic N) is 4. The lowest BCUT2D eigenvalue weighted by molar-refractivity contribution is 0.550. The standard InChI is InChI=1S/C10H15N5S/c1-2-3-15-10(13-6-14-15)4-8(11)9-5-12-7-16-9/h5-8H,2-4,11H2,1H3. The number of nitrogens with two attached hydrogens (primary N) is 1. The van der Waals surface area contributed by atoms with Crippen molar-refractivity contribution >= 4 is 11.3 Å². The van der Waals surface area contributed by atoms with Crippen LogP contribution in [0.3, 0.4) is 0 Å². The Bertz CT molecular complexity index is 422. The van der Waals surface area contributed by atoms with Gasteiger partial charge in [0.2, 0.25) is 0 Å². The van der Waals surface area contributed by atoms with Gasteiger partial charge in [0.05, 0.1) is 5.51 Å². The Balaban J connectivity index is 2.06. The summed E-state index contributed by atoms with van der Waals surface area (Å²) in [6.45, 7) is 3.01. The molecule has 16 heavy (non-hydrogen) atoms. The third-order valence-corrected chi connectivity index (χ3v) is 3.26. The molecule has 5 nitrogen and oxygen atoms in total. The van der Waals surface area contributed by atoms with Crippen molar-refractivity contribution in [3.05, 3.63) is 28.7 Å². The summed E-state index contributed by atoms with van der Waals surface area (Å²) in [5, 5.41) is 4.18. The van der Waals surface area contributed by atoms with E-state index in [-0.39, 0.29) is 6.04 Å². The molecule has 86 valence electrons. The second-order valence-electron chi connectivity index (χ2n) is 3.61. The van der Waals surface area contributed by atoms with Crippen molar-refractivity contribution in [1.29, 1.82) is 0 Å². The third-order valence-electron chi connectivity index (χ3n) is 2.35. The minimum absolute atomic E-state index is 0.0349. The maximum absolute atomic E-state index is 6.09. The van der Waals surface area contributed by atoms with Crippen molar-refractivity contribution in [2.75, 3.05) is 0 Å². The van der Waals surface area contributed by atoms with Gasteiger partial charge in [-0.2, -0.15) is 5.10 Å². The highest BCUT2D eigenvalue weighted by atomic mass is 32.1. The van der Waals surface area contributed by atoms with Gasteiger partial charge < -0.3 is 5.73 Å². The van der Waals surface area contributed by atoms with Crippen LogP contribution in [0.4, 0.5) is 0 Å². The highest BCUT2D eigenvalue weighted by Crippen LogP contribution is 2.18. The molecule has 0 spiro atoms. The predicted octanol–water partition coefficient (Wildman–Crippen LogP) is 1.39. The molecule has 2 heterocycles. The molecule has 2 aromatic heterocycles. The molecule has 2 N–H and O–H groups in total. The first-order valence-electron chi connectivity index (χ1n) is 5.32. The minimum atomic E-state index is -0.0349. The molecule has 0 saturated carbocycles. The molecule has 6 heteroatoms. The first-order chi connectivity index (χ1) is 7.81. The van der Waals surface area contributed by atoms with Crippen molar-refractivity contribution < 1.29 is 0 Å². The quantitative estimate of drug-likeness (QED) is 0.853. The van der Waals surface area contributed by atoms with Gasteiger partial charge in [0.25, 0.3) is 0 Å². The van der Waals surface area contributed by atoms with Gasteiger partial charge in [-0.15, -0.1) is 11.3 Å². The van der Waals surface area contributed by atoms with Gasteiger partial charge in [-0.1, -0.05) is 6.92 Å². The van der Waals surface area contributed by atoms with E-state index in [9.17, 15) is 0 Å². The van der Waals surface area contributed by atoms with Crippen LogP contribution in [0, 0.1) is 0 Å². The maximum atomic E-state index is 6.09. The predicted molar refractivity (Wildman–Crippen MR) is 63.1 cm³/mol. The number of rotatable bonds is 5. The van der Waals surface area contributed by atoms with Gasteiger partial charge in [-0.05, 0) is 6.42 Å². The van der Waals surface area contributed by atoms with E-state index in [2.05, 4.69) is 22.0 Å². The van der Waals surface area contributed by atoms with Crippen LogP contribution in [0.5, 0.6) is 0 Å². The molecule has 0 fully saturated rings. The van der Waals surface area contributed by atoms with Crippen molar-refractivity contribution in [2.45, 2.75) is 32.4 Å². The summed E-state index contributed by atoms with van der Waals surface area (Å²) in [5.41, 5.74) is 7.88. The Morgan fingerprint density at radius 3 is 3.12 bits per heavy atom. The molecule has 0 aliphatic rings. The van der Waals surface area contributed by atoms with Gasteiger partial charge >= 0.3 is 0 Å². The van der Waals surface area contributed by atoms with Gasteiger partial charge in [-0.3, -0.25) is 9.67 Å². The summed E-state index contributed by atoms with van der Waals surface area (Å²) in [6, 6.07) is -0.0349. The molecule has 0 aromatic carbocycles. The summed E-state index contributed by atoms with van der Waals surface area (Å²) in [6.07, 6.45) is 5.16. The minimum Gasteiger partial charge on any atom is -0.323 e. The number of hydrogen-bond acceptors (Lipinski definition) is 5. The fourth-order valence-corrected chi connectivity index (χ4v) is 2.17. The van der Waals surface area contributed by atoms with Crippen molar-refractivity contribution in [1.82, 2.24) is 19.7 Å². The molecule has 1 atom stereocenters. The van der Waals surface area contributed by atoms with E-state index in [0.717, 1.165) is 23.7 Å². The van der Waals surface area contributed by atoms with Crippen LogP contribution in [0.25, 0.3) is 0 Å².